The lowest BCUT2D eigenvalue weighted by Crippen LogP contribution is -2.33. The van der Waals surface area contributed by atoms with E-state index >= 15 is 0 Å². The van der Waals surface area contributed by atoms with Gasteiger partial charge in [-0.1, -0.05) is 6.08 Å². The quantitative estimate of drug-likeness (QED) is 0.677. The summed E-state index contributed by atoms with van der Waals surface area (Å²) in [4.78, 5) is 0.0395. The van der Waals surface area contributed by atoms with Gasteiger partial charge in [-0.15, -0.1) is 6.58 Å². The molecule has 0 aromatic heterocycles. The van der Waals surface area contributed by atoms with Crippen molar-refractivity contribution in [1.29, 1.82) is 0 Å². The molecule has 20 heavy (non-hydrogen) atoms. The molecule has 0 saturated heterocycles. The molecule has 112 valence electrons. The fourth-order valence-corrected chi connectivity index (χ4v) is 3.21. The lowest BCUT2D eigenvalue weighted by Gasteiger charge is -2.20. The Bertz CT molecular complexity index is 556. The second kappa shape index (κ2) is 7.39. The van der Waals surface area contributed by atoms with Gasteiger partial charge in [0.25, 0.3) is 0 Å². The van der Waals surface area contributed by atoms with Gasteiger partial charge in [-0.2, -0.15) is 4.31 Å². The smallest absolute Gasteiger partial charge is 0.243 e. The number of rotatable bonds is 8. The summed E-state index contributed by atoms with van der Waals surface area (Å²) in [6.45, 7) is 2.98. The molecule has 0 aliphatic rings. The Kier molecular flexibility index (Phi) is 6.15. The number of aliphatic hydroxyl groups is 2. The predicted molar refractivity (Wildman–Crippen MR) is 75.0 cm³/mol. The molecule has 0 atom stereocenters. The minimum Gasteiger partial charge on any atom is -0.496 e. The second-order valence-electron chi connectivity index (χ2n) is 4.01. The van der Waals surface area contributed by atoms with Gasteiger partial charge in [0.2, 0.25) is 10.0 Å². The molecule has 0 amide bonds. The molecule has 0 fully saturated rings. The summed E-state index contributed by atoms with van der Waals surface area (Å²) in [7, 11) is -2.30. The summed E-state index contributed by atoms with van der Waals surface area (Å²) in [6.07, 6.45) is 1.45. The summed E-state index contributed by atoms with van der Waals surface area (Å²) in [5.74, 6) is 0.420. The summed E-state index contributed by atoms with van der Waals surface area (Å²) in [6, 6.07) is 4.26. The summed E-state index contributed by atoms with van der Waals surface area (Å²) in [5, 5.41) is 18.2. The third-order valence-electron chi connectivity index (χ3n) is 2.74. The zero-order valence-corrected chi connectivity index (χ0v) is 12.1. The molecule has 0 bridgehead atoms. The van der Waals surface area contributed by atoms with Gasteiger partial charge in [-0.3, -0.25) is 0 Å². The SMILES string of the molecule is C=CCN(CCO)S(=O)(=O)c1ccc(OC)c(CO)c1. The number of ether oxygens (including phenoxy) is 1. The average Bonchev–Trinajstić information content (AvgIpc) is 2.46. The van der Waals surface area contributed by atoms with Crippen molar-refractivity contribution in [3.8, 4) is 5.75 Å². The van der Waals surface area contributed by atoms with Gasteiger partial charge in [-0.05, 0) is 18.2 Å². The molecule has 0 saturated carbocycles. The highest BCUT2D eigenvalue weighted by atomic mass is 32.2. The maximum atomic E-state index is 12.4. The standard InChI is InChI=1S/C13H19NO5S/c1-3-6-14(7-8-15)20(17,18)12-4-5-13(19-2)11(9-12)10-16/h3-5,9,15-16H,1,6-8,10H2,2H3. The number of benzene rings is 1. The van der Waals surface area contributed by atoms with Crippen LogP contribution in [0.15, 0.2) is 35.7 Å². The molecule has 2 N–H and O–H groups in total. The van der Waals surface area contributed by atoms with Crippen LogP contribution >= 0.6 is 0 Å². The van der Waals surface area contributed by atoms with Crippen molar-refractivity contribution < 1.29 is 23.4 Å². The predicted octanol–water partition coefficient (Wildman–Crippen LogP) is 0.356. The topological polar surface area (TPSA) is 87.1 Å². The van der Waals surface area contributed by atoms with Crippen LogP contribution in [0, 0.1) is 0 Å². The van der Waals surface area contributed by atoms with E-state index in [1.165, 1.54) is 31.4 Å². The third kappa shape index (κ3) is 3.57. The molecule has 1 aromatic rings. The Labute approximate surface area is 119 Å². The maximum absolute atomic E-state index is 12.4. The number of methoxy groups -OCH3 is 1. The molecule has 0 heterocycles. The molecule has 0 unspecified atom stereocenters. The average molecular weight is 301 g/mol. The first-order valence-corrected chi connectivity index (χ1v) is 7.45. The van der Waals surface area contributed by atoms with E-state index in [2.05, 4.69) is 6.58 Å². The first kappa shape index (κ1) is 16.6. The molecule has 7 heteroatoms. The van der Waals surface area contributed by atoms with E-state index in [1.54, 1.807) is 0 Å². The van der Waals surface area contributed by atoms with Gasteiger partial charge < -0.3 is 14.9 Å². The van der Waals surface area contributed by atoms with Crippen LogP contribution in [0.25, 0.3) is 0 Å². The van der Waals surface area contributed by atoms with Crippen molar-refractivity contribution in [2.75, 3.05) is 26.8 Å². The summed E-state index contributed by atoms with van der Waals surface area (Å²) < 4.78 is 31.0. The highest BCUT2D eigenvalue weighted by Crippen LogP contribution is 2.24. The Morgan fingerprint density at radius 2 is 2.10 bits per heavy atom. The van der Waals surface area contributed by atoms with Crippen molar-refractivity contribution in [2.45, 2.75) is 11.5 Å². The van der Waals surface area contributed by atoms with E-state index in [4.69, 9.17) is 9.84 Å². The van der Waals surface area contributed by atoms with E-state index in [9.17, 15) is 13.5 Å². The number of aliphatic hydroxyl groups excluding tert-OH is 2. The number of nitrogens with zero attached hydrogens (tertiary/aromatic N) is 1. The Morgan fingerprint density at radius 3 is 2.60 bits per heavy atom. The monoisotopic (exact) mass is 301 g/mol. The summed E-state index contributed by atoms with van der Waals surface area (Å²) >= 11 is 0. The molecule has 0 aliphatic heterocycles. The Balaban J connectivity index is 3.22. The molecular formula is C13H19NO5S. The number of sulfonamides is 1. The van der Waals surface area contributed by atoms with Gasteiger partial charge in [-0.25, -0.2) is 8.42 Å². The summed E-state index contributed by atoms with van der Waals surface area (Å²) in [5.41, 5.74) is 0.385. The lowest BCUT2D eigenvalue weighted by molar-refractivity contribution is 0.260. The van der Waals surface area contributed by atoms with Crippen LogP contribution in [0.3, 0.4) is 0 Å². The van der Waals surface area contributed by atoms with Crippen LogP contribution in [0.2, 0.25) is 0 Å². The zero-order chi connectivity index (χ0) is 15.2. The minimum atomic E-state index is -3.75. The fraction of sp³-hybridized carbons (Fsp3) is 0.385. The molecular weight excluding hydrogens is 282 g/mol. The lowest BCUT2D eigenvalue weighted by atomic mass is 10.2. The Morgan fingerprint density at radius 1 is 1.40 bits per heavy atom. The van der Waals surface area contributed by atoms with Crippen molar-refractivity contribution >= 4 is 10.0 Å². The van der Waals surface area contributed by atoms with Crippen LogP contribution in [0.4, 0.5) is 0 Å². The van der Waals surface area contributed by atoms with E-state index in [-0.39, 0.29) is 31.2 Å². The molecule has 0 aliphatic carbocycles. The van der Waals surface area contributed by atoms with Crippen molar-refractivity contribution in [3.05, 3.63) is 36.4 Å². The first-order chi connectivity index (χ1) is 9.51. The van der Waals surface area contributed by atoms with E-state index in [1.807, 2.05) is 0 Å². The largest absolute Gasteiger partial charge is 0.496 e. The molecule has 1 rings (SSSR count). The minimum absolute atomic E-state index is 0.0190. The van der Waals surface area contributed by atoms with E-state index in [0.717, 1.165) is 4.31 Å². The molecule has 1 aromatic carbocycles. The number of hydrogen-bond donors (Lipinski definition) is 2. The van der Waals surface area contributed by atoms with E-state index in [0.29, 0.717) is 11.3 Å². The molecule has 0 spiro atoms. The van der Waals surface area contributed by atoms with Gasteiger partial charge in [0, 0.05) is 18.7 Å². The van der Waals surface area contributed by atoms with E-state index < -0.39 is 10.0 Å². The van der Waals surface area contributed by atoms with Gasteiger partial charge in [0.1, 0.15) is 5.75 Å². The van der Waals surface area contributed by atoms with Crippen LogP contribution in [0.1, 0.15) is 5.56 Å². The second-order valence-corrected chi connectivity index (χ2v) is 5.95. The van der Waals surface area contributed by atoms with Crippen molar-refractivity contribution in [2.24, 2.45) is 0 Å². The van der Waals surface area contributed by atoms with Gasteiger partial charge in [0.05, 0.1) is 25.2 Å². The van der Waals surface area contributed by atoms with Crippen LogP contribution in [0.5, 0.6) is 5.75 Å². The molecule has 0 radical (unpaired) electrons. The highest BCUT2D eigenvalue weighted by Gasteiger charge is 2.23. The van der Waals surface area contributed by atoms with Crippen LogP contribution in [-0.2, 0) is 16.6 Å². The first-order valence-electron chi connectivity index (χ1n) is 6.01. The number of hydrogen-bond acceptors (Lipinski definition) is 5. The van der Waals surface area contributed by atoms with Gasteiger partial charge in [0.15, 0.2) is 0 Å². The van der Waals surface area contributed by atoms with Crippen LogP contribution < -0.4 is 4.74 Å². The maximum Gasteiger partial charge on any atom is 0.243 e. The van der Waals surface area contributed by atoms with Crippen molar-refractivity contribution in [1.82, 2.24) is 4.31 Å². The normalized spacial score (nSPS) is 11.6. The van der Waals surface area contributed by atoms with Crippen LogP contribution in [-0.4, -0.2) is 49.7 Å². The zero-order valence-electron chi connectivity index (χ0n) is 11.3. The van der Waals surface area contributed by atoms with Gasteiger partial charge >= 0.3 is 0 Å². The van der Waals surface area contributed by atoms with Crippen molar-refractivity contribution in [3.63, 3.8) is 0 Å². The molecule has 6 nitrogen and oxygen atoms in total. The third-order valence-corrected chi connectivity index (χ3v) is 4.60. The fourth-order valence-electron chi connectivity index (χ4n) is 1.75. The highest BCUT2D eigenvalue weighted by molar-refractivity contribution is 7.89. The Hall–Kier alpha value is -1.41.